The summed E-state index contributed by atoms with van der Waals surface area (Å²) in [6.45, 7) is 0. The Balaban J connectivity index is 0.000000810. The standard InChI is InChI=1S/C7H10NO.CH4/c1-8-6-4-3-5-7(8)9-2;/h3-6H,1-2H3;1H4/q+1;. The second-order valence-electron chi connectivity index (χ2n) is 1.85. The van der Waals surface area contributed by atoms with Crippen LogP contribution in [0.3, 0.4) is 0 Å². The molecule has 0 aliphatic carbocycles. The summed E-state index contributed by atoms with van der Waals surface area (Å²) in [7, 11) is 3.61. The van der Waals surface area contributed by atoms with Crippen LogP contribution in [-0.2, 0) is 7.05 Å². The Labute approximate surface area is 62.1 Å². The van der Waals surface area contributed by atoms with Gasteiger partial charge in [-0.15, -0.1) is 0 Å². The monoisotopic (exact) mass is 140 g/mol. The Bertz CT molecular complexity index is 198. The number of pyridine rings is 1. The van der Waals surface area contributed by atoms with Gasteiger partial charge in [0.05, 0.1) is 13.2 Å². The van der Waals surface area contributed by atoms with Gasteiger partial charge in [0.2, 0.25) is 0 Å². The number of nitrogens with zero attached hydrogens (tertiary/aromatic N) is 1. The highest BCUT2D eigenvalue weighted by atomic mass is 16.5. The van der Waals surface area contributed by atoms with Crippen molar-refractivity contribution < 1.29 is 9.30 Å². The summed E-state index contributed by atoms with van der Waals surface area (Å²) in [6, 6.07) is 5.82. The molecule has 1 heterocycles. The van der Waals surface area contributed by atoms with E-state index in [0.717, 1.165) is 5.88 Å². The Morgan fingerprint density at radius 3 is 2.50 bits per heavy atom. The van der Waals surface area contributed by atoms with Gasteiger partial charge in [0, 0.05) is 6.07 Å². The molecule has 0 radical (unpaired) electrons. The molecular formula is C8H14NO+. The molecular weight excluding hydrogens is 126 g/mol. The molecule has 1 aromatic heterocycles. The van der Waals surface area contributed by atoms with Crippen molar-refractivity contribution in [3.8, 4) is 5.88 Å². The maximum absolute atomic E-state index is 5.01. The van der Waals surface area contributed by atoms with Crippen LogP contribution in [0.15, 0.2) is 24.4 Å². The number of hydrogen-bond acceptors (Lipinski definition) is 1. The van der Waals surface area contributed by atoms with Gasteiger partial charge in [0.15, 0.2) is 6.20 Å². The molecule has 2 nitrogen and oxygen atoms in total. The average molecular weight is 140 g/mol. The normalized spacial score (nSPS) is 8.20. The van der Waals surface area contributed by atoms with E-state index in [1.165, 1.54) is 0 Å². The van der Waals surface area contributed by atoms with Crippen molar-refractivity contribution in [2.24, 2.45) is 7.05 Å². The lowest BCUT2D eigenvalue weighted by molar-refractivity contribution is -0.676. The van der Waals surface area contributed by atoms with E-state index in [4.69, 9.17) is 4.74 Å². The van der Waals surface area contributed by atoms with Crippen LogP contribution < -0.4 is 9.30 Å². The average Bonchev–Trinajstić information content (AvgIpc) is 1.89. The number of ether oxygens (including phenoxy) is 1. The van der Waals surface area contributed by atoms with Gasteiger partial charge in [0.25, 0.3) is 0 Å². The van der Waals surface area contributed by atoms with E-state index >= 15 is 0 Å². The minimum absolute atomic E-state index is 0. The van der Waals surface area contributed by atoms with E-state index < -0.39 is 0 Å². The van der Waals surface area contributed by atoms with Gasteiger partial charge in [0.1, 0.15) is 7.05 Å². The molecule has 0 aromatic carbocycles. The smallest absolute Gasteiger partial charge is 0.367 e. The molecule has 0 atom stereocenters. The summed E-state index contributed by atoms with van der Waals surface area (Å²) in [5.74, 6) is 0.873. The predicted octanol–water partition coefficient (Wildman–Crippen LogP) is 1.16. The fourth-order valence-electron chi connectivity index (χ4n) is 0.720. The number of methoxy groups -OCH3 is 1. The molecule has 0 fully saturated rings. The zero-order chi connectivity index (χ0) is 6.69. The van der Waals surface area contributed by atoms with Crippen molar-refractivity contribution in [2.75, 3.05) is 7.11 Å². The number of aromatic nitrogens is 1. The molecule has 0 aliphatic heterocycles. The molecule has 10 heavy (non-hydrogen) atoms. The van der Waals surface area contributed by atoms with Crippen molar-refractivity contribution in [1.82, 2.24) is 0 Å². The van der Waals surface area contributed by atoms with Gasteiger partial charge in [-0.3, -0.25) is 0 Å². The lowest BCUT2D eigenvalue weighted by Crippen LogP contribution is -2.28. The predicted molar refractivity (Wildman–Crippen MR) is 40.9 cm³/mol. The molecule has 2 heteroatoms. The molecule has 0 aliphatic rings. The number of hydrogen-bond donors (Lipinski definition) is 0. The highest BCUT2D eigenvalue weighted by molar-refractivity contribution is 5.01. The van der Waals surface area contributed by atoms with Crippen LogP contribution in [0.2, 0.25) is 0 Å². The first-order valence-corrected chi connectivity index (χ1v) is 2.83. The molecule has 0 amide bonds. The van der Waals surface area contributed by atoms with E-state index in [2.05, 4.69) is 0 Å². The first-order valence-electron chi connectivity index (χ1n) is 2.83. The summed E-state index contributed by atoms with van der Waals surface area (Å²) in [6.07, 6.45) is 1.94. The van der Waals surface area contributed by atoms with Crippen LogP contribution in [0.4, 0.5) is 0 Å². The summed E-state index contributed by atoms with van der Waals surface area (Å²) in [5, 5.41) is 0. The fourth-order valence-corrected chi connectivity index (χ4v) is 0.720. The molecule has 0 saturated carbocycles. The summed E-state index contributed by atoms with van der Waals surface area (Å²) in [5.41, 5.74) is 0. The van der Waals surface area contributed by atoms with E-state index in [1.807, 2.05) is 36.0 Å². The van der Waals surface area contributed by atoms with E-state index in [0.29, 0.717) is 0 Å². The van der Waals surface area contributed by atoms with Crippen molar-refractivity contribution >= 4 is 0 Å². The third-order valence-corrected chi connectivity index (χ3v) is 1.22. The lowest BCUT2D eigenvalue weighted by Gasteiger charge is -1.93. The molecule has 1 aromatic rings. The van der Waals surface area contributed by atoms with Crippen LogP contribution in [0.25, 0.3) is 0 Å². The molecule has 0 saturated heterocycles. The minimum Gasteiger partial charge on any atom is -0.448 e. The summed E-state index contributed by atoms with van der Waals surface area (Å²) >= 11 is 0. The number of aryl methyl sites for hydroxylation is 1. The van der Waals surface area contributed by atoms with Crippen LogP contribution in [0.5, 0.6) is 5.88 Å². The zero-order valence-electron chi connectivity index (χ0n) is 5.66. The molecule has 0 N–H and O–H groups in total. The van der Waals surface area contributed by atoms with Crippen LogP contribution in [-0.4, -0.2) is 7.11 Å². The fraction of sp³-hybridized carbons (Fsp3) is 0.375. The van der Waals surface area contributed by atoms with Gasteiger partial charge in [-0.05, 0) is 6.07 Å². The van der Waals surface area contributed by atoms with Gasteiger partial charge < -0.3 is 4.74 Å². The molecule has 0 bridgehead atoms. The largest absolute Gasteiger partial charge is 0.448 e. The van der Waals surface area contributed by atoms with Gasteiger partial charge in [-0.2, -0.15) is 4.57 Å². The first kappa shape index (κ1) is 8.95. The van der Waals surface area contributed by atoms with Crippen molar-refractivity contribution in [2.45, 2.75) is 7.43 Å². The number of rotatable bonds is 1. The highest BCUT2D eigenvalue weighted by Crippen LogP contribution is 1.96. The minimum atomic E-state index is 0. The Kier molecular flexibility index (Phi) is 3.47. The van der Waals surface area contributed by atoms with Gasteiger partial charge in [-0.25, -0.2) is 0 Å². The first-order chi connectivity index (χ1) is 4.34. The summed E-state index contributed by atoms with van der Waals surface area (Å²) < 4.78 is 6.92. The molecule has 1 rings (SSSR count). The maximum Gasteiger partial charge on any atom is 0.367 e. The van der Waals surface area contributed by atoms with E-state index in [-0.39, 0.29) is 7.43 Å². The Hall–Kier alpha value is -1.05. The second kappa shape index (κ2) is 3.88. The Morgan fingerprint density at radius 2 is 2.10 bits per heavy atom. The molecule has 0 spiro atoms. The highest BCUT2D eigenvalue weighted by Gasteiger charge is 1.99. The second-order valence-corrected chi connectivity index (χ2v) is 1.85. The topological polar surface area (TPSA) is 13.1 Å². The maximum atomic E-state index is 5.01. The van der Waals surface area contributed by atoms with Crippen LogP contribution >= 0.6 is 0 Å². The Morgan fingerprint density at radius 1 is 1.40 bits per heavy atom. The van der Waals surface area contributed by atoms with Crippen LogP contribution in [0.1, 0.15) is 7.43 Å². The van der Waals surface area contributed by atoms with Gasteiger partial charge >= 0.3 is 5.88 Å². The van der Waals surface area contributed by atoms with Gasteiger partial charge in [-0.1, -0.05) is 7.43 Å². The lowest BCUT2D eigenvalue weighted by atomic mass is 10.5. The molecule has 56 valence electrons. The SMILES string of the molecule is C.COc1cccc[n+]1C. The van der Waals surface area contributed by atoms with E-state index in [1.54, 1.807) is 7.11 Å². The zero-order valence-corrected chi connectivity index (χ0v) is 5.66. The van der Waals surface area contributed by atoms with Crippen LogP contribution in [0, 0.1) is 0 Å². The van der Waals surface area contributed by atoms with Crippen molar-refractivity contribution in [1.29, 1.82) is 0 Å². The third kappa shape index (κ3) is 1.72. The summed E-state index contributed by atoms with van der Waals surface area (Å²) in [4.78, 5) is 0. The molecule has 0 unspecified atom stereocenters. The third-order valence-electron chi connectivity index (χ3n) is 1.22. The quantitative estimate of drug-likeness (QED) is 0.533. The van der Waals surface area contributed by atoms with E-state index in [9.17, 15) is 0 Å². The van der Waals surface area contributed by atoms with Crippen molar-refractivity contribution in [3.63, 3.8) is 0 Å². The van der Waals surface area contributed by atoms with Crippen molar-refractivity contribution in [3.05, 3.63) is 24.4 Å².